The van der Waals surface area contributed by atoms with Crippen LogP contribution in [0.15, 0.2) is 95.0 Å². The van der Waals surface area contributed by atoms with Crippen LogP contribution >= 0.6 is 15.9 Å². The molecule has 5 heteroatoms. The normalized spacial score (nSPS) is 18.5. The van der Waals surface area contributed by atoms with Crippen LogP contribution in [0.1, 0.15) is 17.2 Å². The van der Waals surface area contributed by atoms with Crippen molar-refractivity contribution in [2.24, 2.45) is 0 Å². The molecule has 1 aliphatic heterocycles. The highest BCUT2D eigenvalue weighted by atomic mass is 79.9. The van der Waals surface area contributed by atoms with Crippen molar-refractivity contribution >= 4 is 39.1 Å². The van der Waals surface area contributed by atoms with E-state index in [-0.39, 0.29) is 11.3 Å². The molecule has 0 spiro atoms. The standard InChI is InChI=1S/C23H16BrNO3/c24-17-12-7-13-18(14-17)25-20(15-8-3-1-4-9-15)19(22(27)23(25)28)21(26)16-10-5-2-6-11-16/h1-14,20,26H/b21-19+/t20-/m0/s1. The van der Waals surface area contributed by atoms with Crippen molar-refractivity contribution < 1.29 is 14.7 Å². The summed E-state index contributed by atoms with van der Waals surface area (Å²) in [5, 5.41) is 10.9. The van der Waals surface area contributed by atoms with Gasteiger partial charge in [0.15, 0.2) is 0 Å². The summed E-state index contributed by atoms with van der Waals surface area (Å²) in [6, 6.07) is 24.5. The first-order valence-electron chi connectivity index (χ1n) is 8.75. The van der Waals surface area contributed by atoms with Crippen molar-refractivity contribution in [3.8, 4) is 0 Å². The topological polar surface area (TPSA) is 57.6 Å². The van der Waals surface area contributed by atoms with Crippen molar-refractivity contribution in [2.75, 3.05) is 4.90 Å². The lowest BCUT2D eigenvalue weighted by atomic mass is 9.95. The van der Waals surface area contributed by atoms with Crippen LogP contribution in [-0.4, -0.2) is 16.8 Å². The Morgan fingerprint density at radius 1 is 0.857 bits per heavy atom. The molecule has 0 saturated carbocycles. The molecule has 0 unspecified atom stereocenters. The van der Waals surface area contributed by atoms with Gasteiger partial charge in [0, 0.05) is 15.7 Å². The second kappa shape index (κ2) is 7.44. The van der Waals surface area contributed by atoms with Crippen LogP contribution in [0.4, 0.5) is 5.69 Å². The van der Waals surface area contributed by atoms with E-state index >= 15 is 0 Å². The Morgan fingerprint density at radius 2 is 1.50 bits per heavy atom. The van der Waals surface area contributed by atoms with Gasteiger partial charge in [-0.3, -0.25) is 14.5 Å². The van der Waals surface area contributed by atoms with Crippen LogP contribution in [0.5, 0.6) is 0 Å². The molecule has 1 amide bonds. The third-order valence-corrected chi connectivity index (χ3v) is 5.19. The fourth-order valence-corrected chi connectivity index (χ4v) is 3.81. The lowest BCUT2D eigenvalue weighted by Crippen LogP contribution is -2.29. The molecule has 138 valence electrons. The van der Waals surface area contributed by atoms with E-state index in [1.165, 1.54) is 4.90 Å². The Labute approximate surface area is 170 Å². The first kappa shape index (κ1) is 18.2. The predicted octanol–water partition coefficient (Wildman–Crippen LogP) is 5.08. The summed E-state index contributed by atoms with van der Waals surface area (Å²) in [5.41, 5.74) is 1.91. The highest BCUT2D eigenvalue weighted by Gasteiger charge is 2.46. The van der Waals surface area contributed by atoms with Crippen molar-refractivity contribution in [3.05, 3.63) is 106 Å². The van der Waals surface area contributed by atoms with Gasteiger partial charge in [-0.15, -0.1) is 0 Å². The number of Topliss-reactive ketones (excluding diaryl/α,β-unsaturated/α-hetero) is 1. The van der Waals surface area contributed by atoms with E-state index in [0.29, 0.717) is 11.3 Å². The van der Waals surface area contributed by atoms with Gasteiger partial charge in [0.25, 0.3) is 11.7 Å². The molecule has 1 atom stereocenters. The highest BCUT2D eigenvalue weighted by Crippen LogP contribution is 2.42. The van der Waals surface area contributed by atoms with Crippen LogP contribution in [0.3, 0.4) is 0 Å². The molecule has 1 saturated heterocycles. The Bertz CT molecular complexity index is 1080. The monoisotopic (exact) mass is 433 g/mol. The summed E-state index contributed by atoms with van der Waals surface area (Å²) in [5.74, 6) is -1.54. The minimum absolute atomic E-state index is 0.0855. The SMILES string of the molecule is O=C1C(=O)N(c2cccc(Br)c2)[C@@H](c2ccccc2)/C1=C(\O)c1ccccc1. The maximum Gasteiger partial charge on any atom is 0.300 e. The van der Waals surface area contributed by atoms with Crippen LogP contribution in [-0.2, 0) is 9.59 Å². The molecule has 1 heterocycles. The fraction of sp³-hybridized carbons (Fsp3) is 0.0435. The zero-order chi connectivity index (χ0) is 19.7. The molecule has 4 rings (SSSR count). The maximum atomic E-state index is 13.0. The van der Waals surface area contributed by atoms with Crippen molar-refractivity contribution in [2.45, 2.75) is 6.04 Å². The summed E-state index contributed by atoms with van der Waals surface area (Å²) in [7, 11) is 0. The molecule has 1 N–H and O–H groups in total. The van der Waals surface area contributed by atoms with Gasteiger partial charge >= 0.3 is 0 Å². The van der Waals surface area contributed by atoms with Crippen LogP contribution < -0.4 is 4.90 Å². The van der Waals surface area contributed by atoms with Crippen molar-refractivity contribution in [1.82, 2.24) is 0 Å². The molecule has 0 bridgehead atoms. The number of aliphatic hydroxyl groups is 1. The number of anilines is 1. The van der Waals surface area contributed by atoms with Gasteiger partial charge in [-0.25, -0.2) is 0 Å². The largest absolute Gasteiger partial charge is 0.507 e. The number of hydrogen-bond acceptors (Lipinski definition) is 3. The number of carbonyl (C=O) groups excluding carboxylic acids is 2. The molecule has 0 aromatic heterocycles. The summed E-state index contributed by atoms with van der Waals surface area (Å²) >= 11 is 3.42. The number of ketones is 1. The second-order valence-corrected chi connectivity index (χ2v) is 7.34. The van der Waals surface area contributed by atoms with Gasteiger partial charge in [0.05, 0.1) is 11.6 Å². The number of amides is 1. The third kappa shape index (κ3) is 3.14. The molecular formula is C23H16BrNO3. The minimum Gasteiger partial charge on any atom is -0.507 e. The fourth-order valence-electron chi connectivity index (χ4n) is 3.43. The average Bonchev–Trinajstić information content (AvgIpc) is 3.00. The molecule has 0 aliphatic carbocycles. The lowest BCUT2D eigenvalue weighted by molar-refractivity contribution is -0.132. The van der Waals surface area contributed by atoms with Gasteiger partial charge in [0.1, 0.15) is 5.76 Å². The van der Waals surface area contributed by atoms with E-state index in [1.54, 1.807) is 42.5 Å². The number of benzene rings is 3. The van der Waals surface area contributed by atoms with Gasteiger partial charge in [-0.05, 0) is 23.8 Å². The van der Waals surface area contributed by atoms with Crippen molar-refractivity contribution in [1.29, 1.82) is 0 Å². The Balaban J connectivity index is 1.95. The first-order valence-corrected chi connectivity index (χ1v) is 9.54. The molecule has 3 aromatic carbocycles. The Hall–Kier alpha value is -3.18. The number of aliphatic hydroxyl groups excluding tert-OH is 1. The van der Waals surface area contributed by atoms with Gasteiger partial charge in [-0.2, -0.15) is 0 Å². The summed E-state index contributed by atoms with van der Waals surface area (Å²) in [6.07, 6.45) is 0. The first-order chi connectivity index (χ1) is 13.6. The zero-order valence-electron chi connectivity index (χ0n) is 14.7. The van der Waals surface area contributed by atoms with Crippen molar-refractivity contribution in [3.63, 3.8) is 0 Å². The van der Waals surface area contributed by atoms with Gasteiger partial charge in [-0.1, -0.05) is 82.7 Å². The Morgan fingerprint density at radius 3 is 2.14 bits per heavy atom. The van der Waals surface area contributed by atoms with E-state index in [4.69, 9.17) is 0 Å². The minimum atomic E-state index is -0.712. The molecule has 1 fully saturated rings. The van der Waals surface area contributed by atoms with Crippen LogP contribution in [0.25, 0.3) is 5.76 Å². The average molecular weight is 434 g/mol. The van der Waals surface area contributed by atoms with E-state index in [9.17, 15) is 14.7 Å². The van der Waals surface area contributed by atoms with Crippen LogP contribution in [0, 0.1) is 0 Å². The molecule has 3 aromatic rings. The van der Waals surface area contributed by atoms with E-state index in [1.807, 2.05) is 42.5 Å². The summed E-state index contributed by atoms with van der Waals surface area (Å²) < 4.78 is 0.793. The zero-order valence-corrected chi connectivity index (χ0v) is 16.3. The molecule has 0 radical (unpaired) electrons. The molecule has 1 aliphatic rings. The van der Waals surface area contributed by atoms with E-state index in [0.717, 1.165) is 10.0 Å². The number of halogens is 1. The predicted molar refractivity (Wildman–Crippen MR) is 112 cm³/mol. The Kier molecular flexibility index (Phi) is 4.84. The number of hydrogen-bond donors (Lipinski definition) is 1. The molecule has 4 nitrogen and oxygen atoms in total. The summed E-state index contributed by atoms with van der Waals surface area (Å²) in [6.45, 7) is 0. The number of nitrogens with zero attached hydrogens (tertiary/aromatic N) is 1. The molecular weight excluding hydrogens is 418 g/mol. The smallest absolute Gasteiger partial charge is 0.300 e. The quantitative estimate of drug-likeness (QED) is 0.356. The molecule has 28 heavy (non-hydrogen) atoms. The van der Waals surface area contributed by atoms with Gasteiger partial charge in [0.2, 0.25) is 0 Å². The van der Waals surface area contributed by atoms with Crippen LogP contribution in [0.2, 0.25) is 0 Å². The number of carbonyl (C=O) groups is 2. The summed E-state index contributed by atoms with van der Waals surface area (Å²) in [4.78, 5) is 27.4. The number of rotatable bonds is 3. The second-order valence-electron chi connectivity index (χ2n) is 6.43. The lowest BCUT2D eigenvalue weighted by Gasteiger charge is -2.25. The highest BCUT2D eigenvalue weighted by molar-refractivity contribution is 9.10. The third-order valence-electron chi connectivity index (χ3n) is 4.69. The maximum absolute atomic E-state index is 13.0. The van der Waals surface area contributed by atoms with E-state index < -0.39 is 17.7 Å². The van der Waals surface area contributed by atoms with E-state index in [2.05, 4.69) is 15.9 Å². The van der Waals surface area contributed by atoms with Gasteiger partial charge < -0.3 is 5.11 Å².